The van der Waals surface area contributed by atoms with E-state index in [9.17, 15) is 14.0 Å². The zero-order valence-electron chi connectivity index (χ0n) is 21.1. The minimum Gasteiger partial charge on any atom is -0.342 e. The summed E-state index contributed by atoms with van der Waals surface area (Å²) in [6.07, 6.45) is 3.25. The van der Waals surface area contributed by atoms with Gasteiger partial charge in [0, 0.05) is 45.1 Å². The second-order valence-corrected chi connectivity index (χ2v) is 10.6. The number of amides is 2. The summed E-state index contributed by atoms with van der Waals surface area (Å²) in [6.45, 7) is 7.72. The van der Waals surface area contributed by atoms with Crippen molar-refractivity contribution in [3.05, 3.63) is 71.5 Å². The van der Waals surface area contributed by atoms with Crippen LogP contribution in [0.2, 0.25) is 0 Å². The predicted octanol–water partition coefficient (Wildman–Crippen LogP) is 4.71. The molecular formula is C29H37ClFN3O2. The van der Waals surface area contributed by atoms with Gasteiger partial charge in [-0.2, -0.15) is 0 Å². The van der Waals surface area contributed by atoms with Gasteiger partial charge in [-0.25, -0.2) is 4.39 Å². The van der Waals surface area contributed by atoms with Crippen molar-refractivity contribution in [2.45, 2.75) is 45.1 Å². The summed E-state index contributed by atoms with van der Waals surface area (Å²) in [5.74, 6) is 1.04. The molecule has 0 bridgehead atoms. The highest BCUT2D eigenvalue weighted by Gasteiger charge is 2.48. The number of likely N-dealkylation sites (tertiary alicyclic amines) is 3. The molecule has 2 amide bonds. The standard InChI is InChI=1S/C29H36FN3O2.ClH/c1-2-27(34)33-20-24(26(21-33)23-6-4-3-5-7-23)19-31-15-12-29(13-16-31)14-17-32(28(29)35)18-22-8-10-25(30)11-9-22;/h3-11,24,26H,2,12-21H2,1H3;1H/t24-,26+;/m0./s1. The fraction of sp³-hybridized carbons (Fsp3) is 0.517. The predicted molar refractivity (Wildman–Crippen MR) is 141 cm³/mol. The molecule has 0 radical (unpaired) electrons. The molecule has 3 heterocycles. The number of rotatable bonds is 6. The van der Waals surface area contributed by atoms with Gasteiger partial charge in [0.15, 0.2) is 0 Å². The monoisotopic (exact) mass is 513 g/mol. The van der Waals surface area contributed by atoms with Crippen LogP contribution in [0.1, 0.15) is 49.7 Å². The van der Waals surface area contributed by atoms with Crippen LogP contribution in [-0.4, -0.2) is 65.8 Å². The summed E-state index contributed by atoms with van der Waals surface area (Å²) >= 11 is 0. The van der Waals surface area contributed by atoms with Gasteiger partial charge in [0.1, 0.15) is 5.82 Å². The summed E-state index contributed by atoms with van der Waals surface area (Å²) in [5.41, 5.74) is 2.06. The normalized spacial score (nSPS) is 23.8. The van der Waals surface area contributed by atoms with Crippen molar-refractivity contribution in [2.24, 2.45) is 11.3 Å². The van der Waals surface area contributed by atoms with Gasteiger partial charge in [-0.1, -0.05) is 49.4 Å². The first-order valence-corrected chi connectivity index (χ1v) is 13.1. The molecule has 0 saturated carbocycles. The van der Waals surface area contributed by atoms with Gasteiger partial charge in [-0.05, 0) is 61.5 Å². The molecular weight excluding hydrogens is 477 g/mol. The maximum atomic E-state index is 13.4. The van der Waals surface area contributed by atoms with Crippen LogP contribution in [0, 0.1) is 17.2 Å². The third-order valence-electron chi connectivity index (χ3n) is 8.52. The lowest BCUT2D eigenvalue weighted by Gasteiger charge is -2.39. The third-order valence-corrected chi connectivity index (χ3v) is 8.52. The number of carbonyl (C=O) groups excluding carboxylic acids is 2. The molecule has 3 fully saturated rings. The van der Waals surface area contributed by atoms with Gasteiger partial charge in [0.2, 0.25) is 11.8 Å². The zero-order chi connectivity index (χ0) is 24.4. The number of piperidine rings is 1. The highest BCUT2D eigenvalue weighted by atomic mass is 35.5. The first kappa shape index (κ1) is 26.6. The minimum atomic E-state index is -0.246. The Hall–Kier alpha value is -2.44. The van der Waals surface area contributed by atoms with E-state index < -0.39 is 0 Å². The average Bonchev–Trinajstić information content (AvgIpc) is 3.44. The van der Waals surface area contributed by atoms with Gasteiger partial charge in [0.05, 0.1) is 5.41 Å². The van der Waals surface area contributed by atoms with E-state index in [1.807, 2.05) is 22.8 Å². The van der Waals surface area contributed by atoms with E-state index in [0.717, 1.165) is 64.1 Å². The molecule has 0 N–H and O–H groups in total. The zero-order valence-corrected chi connectivity index (χ0v) is 21.9. The highest BCUT2D eigenvalue weighted by Crippen LogP contribution is 2.43. The van der Waals surface area contributed by atoms with Crippen molar-refractivity contribution in [1.82, 2.24) is 14.7 Å². The number of halogens is 2. The second-order valence-electron chi connectivity index (χ2n) is 10.6. The number of hydrogen-bond acceptors (Lipinski definition) is 3. The molecule has 0 aliphatic carbocycles. The Bertz CT molecular complexity index is 1040. The Labute approximate surface area is 220 Å². The number of carbonyl (C=O) groups is 2. The molecule has 36 heavy (non-hydrogen) atoms. The fourth-order valence-corrected chi connectivity index (χ4v) is 6.37. The van der Waals surface area contributed by atoms with Gasteiger partial charge in [-0.3, -0.25) is 9.59 Å². The van der Waals surface area contributed by atoms with Crippen LogP contribution in [0.15, 0.2) is 54.6 Å². The average molecular weight is 514 g/mol. The quantitative estimate of drug-likeness (QED) is 0.561. The van der Waals surface area contributed by atoms with Crippen LogP contribution in [0.4, 0.5) is 4.39 Å². The number of hydrogen-bond donors (Lipinski definition) is 0. The molecule has 0 aromatic heterocycles. The van der Waals surface area contributed by atoms with Crippen molar-refractivity contribution in [2.75, 3.05) is 39.3 Å². The molecule has 1 spiro atoms. The maximum Gasteiger partial charge on any atom is 0.229 e. The first-order valence-electron chi connectivity index (χ1n) is 13.1. The van der Waals surface area contributed by atoms with Crippen molar-refractivity contribution in [3.63, 3.8) is 0 Å². The van der Waals surface area contributed by atoms with E-state index in [0.29, 0.717) is 24.8 Å². The van der Waals surface area contributed by atoms with E-state index in [1.165, 1.54) is 17.7 Å². The molecule has 5 nitrogen and oxygen atoms in total. The van der Waals surface area contributed by atoms with Gasteiger partial charge in [-0.15, -0.1) is 12.4 Å². The first-order chi connectivity index (χ1) is 17.0. The largest absolute Gasteiger partial charge is 0.342 e. The third kappa shape index (κ3) is 5.45. The van der Waals surface area contributed by atoms with Crippen LogP contribution in [0.5, 0.6) is 0 Å². The molecule has 3 saturated heterocycles. The lowest BCUT2D eigenvalue weighted by molar-refractivity contribution is -0.139. The minimum absolute atomic E-state index is 0. The molecule has 194 valence electrons. The van der Waals surface area contributed by atoms with Gasteiger partial charge < -0.3 is 14.7 Å². The van der Waals surface area contributed by atoms with Crippen LogP contribution in [0.25, 0.3) is 0 Å². The Morgan fingerprint density at radius 2 is 1.64 bits per heavy atom. The fourth-order valence-electron chi connectivity index (χ4n) is 6.37. The molecule has 3 aliphatic heterocycles. The van der Waals surface area contributed by atoms with Crippen molar-refractivity contribution in [3.8, 4) is 0 Å². The van der Waals surface area contributed by atoms with Crippen LogP contribution < -0.4 is 0 Å². The number of benzene rings is 2. The highest BCUT2D eigenvalue weighted by molar-refractivity contribution is 5.85. The van der Waals surface area contributed by atoms with Gasteiger partial charge in [0.25, 0.3) is 0 Å². The SMILES string of the molecule is CCC(=O)N1C[C@H](CN2CCC3(CC2)CCN(Cc2ccc(F)cc2)C3=O)[C@@H](c2ccccc2)C1.Cl. The molecule has 0 unspecified atom stereocenters. The Kier molecular flexibility index (Phi) is 8.36. The van der Waals surface area contributed by atoms with Crippen molar-refractivity contribution < 1.29 is 14.0 Å². The Balaban J connectivity index is 0.00000304. The maximum absolute atomic E-state index is 13.4. The number of nitrogens with zero attached hydrogens (tertiary/aromatic N) is 3. The van der Waals surface area contributed by atoms with Crippen LogP contribution in [-0.2, 0) is 16.1 Å². The molecule has 7 heteroatoms. The van der Waals surface area contributed by atoms with E-state index in [2.05, 4.69) is 29.2 Å². The van der Waals surface area contributed by atoms with Crippen LogP contribution in [0.3, 0.4) is 0 Å². The van der Waals surface area contributed by atoms with E-state index >= 15 is 0 Å². The van der Waals surface area contributed by atoms with E-state index in [-0.39, 0.29) is 35.5 Å². The molecule has 5 rings (SSSR count). The van der Waals surface area contributed by atoms with E-state index in [4.69, 9.17) is 0 Å². The lowest BCUT2D eigenvalue weighted by Crippen LogP contribution is -2.46. The Morgan fingerprint density at radius 3 is 2.31 bits per heavy atom. The smallest absolute Gasteiger partial charge is 0.229 e. The summed E-state index contributed by atoms with van der Waals surface area (Å²) < 4.78 is 13.2. The molecule has 2 atom stereocenters. The topological polar surface area (TPSA) is 43.9 Å². The summed E-state index contributed by atoms with van der Waals surface area (Å²) in [6, 6.07) is 17.1. The summed E-state index contributed by atoms with van der Waals surface area (Å²) in [4.78, 5) is 32.4. The molecule has 2 aromatic rings. The van der Waals surface area contributed by atoms with Crippen molar-refractivity contribution in [1.29, 1.82) is 0 Å². The summed E-state index contributed by atoms with van der Waals surface area (Å²) in [5, 5.41) is 0. The van der Waals surface area contributed by atoms with Crippen LogP contribution >= 0.6 is 12.4 Å². The lowest BCUT2D eigenvalue weighted by atomic mass is 9.76. The Morgan fingerprint density at radius 1 is 0.972 bits per heavy atom. The van der Waals surface area contributed by atoms with Crippen molar-refractivity contribution >= 4 is 24.2 Å². The van der Waals surface area contributed by atoms with E-state index in [1.54, 1.807) is 12.1 Å². The van der Waals surface area contributed by atoms with Gasteiger partial charge >= 0.3 is 0 Å². The summed E-state index contributed by atoms with van der Waals surface area (Å²) in [7, 11) is 0. The molecule has 3 aliphatic rings. The second kappa shape index (κ2) is 11.3. The molecule has 2 aromatic carbocycles.